The predicted octanol–water partition coefficient (Wildman–Crippen LogP) is 1.83. The average Bonchev–Trinajstić information content (AvgIpc) is 3.28. The van der Waals surface area contributed by atoms with Crippen molar-refractivity contribution in [2.75, 3.05) is 37.8 Å². The lowest BCUT2D eigenvalue weighted by Crippen LogP contribution is -2.38. The first kappa shape index (κ1) is 23.0. The number of phenolic OH excluding ortho intramolecular Hbond substituents is 1. The third-order valence-corrected chi connectivity index (χ3v) is 5.46. The standard InChI is InChI=1S/C24H26N6O4/c1-30(2)9-8-25-20(32)12-18(14-4-3-5-16(31)10-14)29-22-21(23(33)24(22)34)28-15-6-7-17-19(11-15)27-13-26-17/h3-7,10-11,13,18,28-29,31H,8-9,12H2,1-2H3,(H,25,32)(H,26,27). The minimum Gasteiger partial charge on any atom is -0.508 e. The summed E-state index contributed by atoms with van der Waals surface area (Å²) < 4.78 is 0. The number of phenols is 1. The Morgan fingerprint density at radius 3 is 2.68 bits per heavy atom. The molecule has 0 spiro atoms. The summed E-state index contributed by atoms with van der Waals surface area (Å²) in [6.07, 6.45) is 1.58. The molecule has 10 nitrogen and oxygen atoms in total. The molecule has 0 radical (unpaired) electrons. The molecule has 0 aliphatic heterocycles. The molecule has 3 aromatic carbocycles. The second-order valence-corrected chi connectivity index (χ2v) is 8.32. The number of carbonyl (C=O) groups excluding carboxylic acids is 1. The molecule has 0 saturated heterocycles. The number of H-pyrrole nitrogens is 1. The zero-order chi connectivity index (χ0) is 24.2. The first-order chi connectivity index (χ1) is 16.3. The van der Waals surface area contributed by atoms with Crippen molar-refractivity contribution < 1.29 is 9.90 Å². The van der Waals surface area contributed by atoms with Crippen LogP contribution in [0.15, 0.2) is 58.4 Å². The maximum absolute atomic E-state index is 12.6. The van der Waals surface area contributed by atoms with Gasteiger partial charge >= 0.3 is 0 Å². The van der Waals surface area contributed by atoms with Crippen LogP contribution in [0, 0.1) is 0 Å². The summed E-state index contributed by atoms with van der Waals surface area (Å²) in [6.45, 7) is 1.16. The third kappa shape index (κ3) is 5.07. The van der Waals surface area contributed by atoms with Crippen LogP contribution in [-0.4, -0.2) is 53.1 Å². The summed E-state index contributed by atoms with van der Waals surface area (Å²) in [5.41, 5.74) is 1.68. The minimum absolute atomic E-state index is 0.00830. The first-order valence-corrected chi connectivity index (χ1v) is 10.8. The molecule has 0 aliphatic rings. The summed E-state index contributed by atoms with van der Waals surface area (Å²) in [6, 6.07) is 11.2. The smallest absolute Gasteiger partial charge is 0.253 e. The van der Waals surface area contributed by atoms with Crippen LogP contribution in [0.2, 0.25) is 0 Å². The number of fused-ring (bicyclic) bond motifs is 1. The lowest BCUT2D eigenvalue weighted by atomic mass is 10.0. The molecule has 1 atom stereocenters. The van der Waals surface area contributed by atoms with E-state index < -0.39 is 16.9 Å². The fourth-order valence-electron chi connectivity index (χ4n) is 3.65. The molecule has 1 amide bonds. The Morgan fingerprint density at radius 2 is 1.91 bits per heavy atom. The van der Waals surface area contributed by atoms with Gasteiger partial charge in [0.15, 0.2) is 0 Å². The zero-order valence-electron chi connectivity index (χ0n) is 18.9. The normalized spacial score (nSPS) is 12.2. The van der Waals surface area contributed by atoms with E-state index in [1.807, 2.05) is 25.1 Å². The van der Waals surface area contributed by atoms with E-state index in [9.17, 15) is 19.5 Å². The number of aromatic amines is 1. The van der Waals surface area contributed by atoms with Crippen LogP contribution in [0.3, 0.4) is 0 Å². The fourth-order valence-corrected chi connectivity index (χ4v) is 3.65. The number of amides is 1. The van der Waals surface area contributed by atoms with E-state index >= 15 is 0 Å². The van der Waals surface area contributed by atoms with E-state index in [2.05, 4.69) is 25.9 Å². The monoisotopic (exact) mass is 462 g/mol. The topological polar surface area (TPSA) is 139 Å². The Balaban J connectivity index is 1.56. The number of imidazole rings is 1. The number of carbonyl (C=O) groups is 1. The summed E-state index contributed by atoms with van der Waals surface area (Å²) in [5.74, 6) is -0.187. The zero-order valence-corrected chi connectivity index (χ0v) is 18.9. The van der Waals surface area contributed by atoms with Gasteiger partial charge in [0.25, 0.3) is 10.9 Å². The Labute approximate surface area is 195 Å². The quantitative estimate of drug-likeness (QED) is 0.225. The van der Waals surface area contributed by atoms with Gasteiger partial charge in [-0.15, -0.1) is 0 Å². The molecule has 4 aromatic rings. The number of hydrogen-bond acceptors (Lipinski definition) is 8. The number of nitrogens with zero attached hydrogens (tertiary/aromatic N) is 2. The molecule has 1 aromatic heterocycles. The number of benzene rings is 2. The second-order valence-electron chi connectivity index (χ2n) is 8.32. The van der Waals surface area contributed by atoms with Crippen molar-refractivity contribution in [1.29, 1.82) is 0 Å². The van der Waals surface area contributed by atoms with Crippen molar-refractivity contribution in [2.45, 2.75) is 12.5 Å². The summed E-state index contributed by atoms with van der Waals surface area (Å²) in [5, 5.41) is 18.8. The van der Waals surface area contributed by atoms with E-state index in [-0.39, 0.29) is 29.5 Å². The number of anilines is 3. The molecule has 34 heavy (non-hydrogen) atoms. The molecule has 4 rings (SSSR count). The van der Waals surface area contributed by atoms with Crippen LogP contribution in [-0.2, 0) is 4.79 Å². The van der Waals surface area contributed by atoms with Gasteiger partial charge < -0.3 is 30.9 Å². The third-order valence-electron chi connectivity index (χ3n) is 5.46. The highest BCUT2D eigenvalue weighted by Crippen LogP contribution is 2.29. The lowest BCUT2D eigenvalue weighted by molar-refractivity contribution is -0.121. The number of rotatable bonds is 10. The molecule has 176 valence electrons. The molecule has 10 heteroatoms. The minimum atomic E-state index is -0.665. The summed E-state index contributed by atoms with van der Waals surface area (Å²) in [7, 11) is 3.82. The molecular formula is C24H26N6O4. The Morgan fingerprint density at radius 1 is 1.12 bits per heavy atom. The predicted molar refractivity (Wildman–Crippen MR) is 131 cm³/mol. The van der Waals surface area contributed by atoms with Crippen LogP contribution >= 0.6 is 0 Å². The number of aromatic nitrogens is 2. The van der Waals surface area contributed by atoms with Gasteiger partial charge in [-0.25, -0.2) is 4.98 Å². The highest BCUT2D eigenvalue weighted by atomic mass is 16.3. The van der Waals surface area contributed by atoms with E-state index in [0.29, 0.717) is 29.9 Å². The van der Waals surface area contributed by atoms with Crippen LogP contribution in [0.4, 0.5) is 17.1 Å². The Bertz CT molecular complexity index is 1390. The van der Waals surface area contributed by atoms with Gasteiger partial charge in [-0.3, -0.25) is 14.4 Å². The molecule has 0 bridgehead atoms. The fraction of sp³-hybridized carbons (Fsp3) is 0.250. The van der Waals surface area contributed by atoms with Gasteiger partial charge in [-0.2, -0.15) is 0 Å². The van der Waals surface area contributed by atoms with Gasteiger partial charge in [-0.05, 0) is 50.0 Å². The number of likely N-dealkylation sites (N-methyl/N-ethyl adjacent to an activating group) is 1. The van der Waals surface area contributed by atoms with Crippen LogP contribution in [0.25, 0.3) is 11.0 Å². The summed E-state index contributed by atoms with van der Waals surface area (Å²) in [4.78, 5) is 46.5. The number of hydrogen-bond donors (Lipinski definition) is 5. The largest absolute Gasteiger partial charge is 0.508 e. The van der Waals surface area contributed by atoms with E-state index in [4.69, 9.17) is 0 Å². The molecule has 0 saturated carbocycles. The first-order valence-electron chi connectivity index (χ1n) is 10.8. The van der Waals surface area contributed by atoms with Gasteiger partial charge in [0, 0.05) is 18.8 Å². The maximum atomic E-state index is 12.6. The molecule has 0 aliphatic carbocycles. The maximum Gasteiger partial charge on any atom is 0.253 e. The average molecular weight is 463 g/mol. The molecular weight excluding hydrogens is 436 g/mol. The second kappa shape index (κ2) is 9.75. The van der Waals surface area contributed by atoms with Crippen LogP contribution in [0.1, 0.15) is 18.0 Å². The Kier molecular flexibility index (Phi) is 6.60. The van der Waals surface area contributed by atoms with Crippen molar-refractivity contribution in [2.24, 2.45) is 0 Å². The van der Waals surface area contributed by atoms with Gasteiger partial charge in [0.1, 0.15) is 17.1 Å². The van der Waals surface area contributed by atoms with Crippen molar-refractivity contribution in [3.8, 4) is 5.75 Å². The number of aromatic hydroxyl groups is 1. The number of nitrogens with one attached hydrogen (secondary N) is 4. The highest BCUT2D eigenvalue weighted by molar-refractivity contribution is 5.84. The van der Waals surface area contributed by atoms with Crippen LogP contribution < -0.4 is 26.8 Å². The van der Waals surface area contributed by atoms with Gasteiger partial charge in [-0.1, -0.05) is 12.1 Å². The lowest BCUT2D eigenvalue weighted by Gasteiger charge is -2.23. The van der Waals surface area contributed by atoms with Crippen molar-refractivity contribution in [1.82, 2.24) is 20.2 Å². The van der Waals surface area contributed by atoms with Crippen molar-refractivity contribution in [3.05, 3.63) is 74.8 Å². The van der Waals surface area contributed by atoms with E-state index in [1.165, 1.54) is 12.1 Å². The molecule has 0 fully saturated rings. The van der Waals surface area contributed by atoms with Crippen molar-refractivity contribution in [3.63, 3.8) is 0 Å². The van der Waals surface area contributed by atoms with Gasteiger partial charge in [0.05, 0.1) is 29.8 Å². The molecule has 1 heterocycles. The Hall–Kier alpha value is -4.18. The van der Waals surface area contributed by atoms with Gasteiger partial charge in [0.2, 0.25) is 5.91 Å². The summed E-state index contributed by atoms with van der Waals surface area (Å²) >= 11 is 0. The van der Waals surface area contributed by atoms with Crippen molar-refractivity contribution >= 4 is 34.0 Å². The van der Waals surface area contributed by atoms with Crippen LogP contribution in [0.5, 0.6) is 5.75 Å². The van der Waals surface area contributed by atoms with E-state index in [1.54, 1.807) is 30.6 Å². The molecule has 5 N–H and O–H groups in total. The van der Waals surface area contributed by atoms with E-state index in [0.717, 1.165) is 5.52 Å². The SMILES string of the molecule is CN(C)CCNC(=O)CC(Nc1c(Nc2ccc3[nH]cnc3c2)c(=O)c1=O)c1cccc(O)c1. The highest BCUT2D eigenvalue weighted by Gasteiger charge is 2.26. The molecule has 1 unspecified atom stereocenters.